The number of amides is 2. The summed E-state index contributed by atoms with van der Waals surface area (Å²) >= 11 is 0. The van der Waals surface area contributed by atoms with Gasteiger partial charge in [-0.05, 0) is 85.0 Å². The minimum absolute atomic E-state index is 0.157. The standard InChI is InChI=1S/C48H45F3N8O6/c1-4-44(60)58-18-16-33(25-58)64-42-22-36-38(24-40(42)63-3)56-43(57-47(36)54-31-12-10-30(11-13-31)48(49,50)51)14-15-45(61)59-19-17-34(26-59)65-41-21-35-37(23-39(41)62-2)52-27-53-46(35)55-32-7-5-6-29(20-32)28-8-9-28/h4-7,10-15,20-24,27-28,33-34H,1,8-9,16-19,25-26H2,2-3H3,(H,52,53,55)(H,54,56,57)/b15-14-. The van der Waals surface area contributed by atoms with Crippen LogP contribution in [-0.4, -0.2) is 94.2 Å². The Morgan fingerprint density at radius 2 is 1.35 bits per heavy atom. The summed E-state index contributed by atoms with van der Waals surface area (Å²) in [4.78, 5) is 47.6. The van der Waals surface area contributed by atoms with E-state index in [9.17, 15) is 22.8 Å². The van der Waals surface area contributed by atoms with Crippen LogP contribution < -0.4 is 29.6 Å². The van der Waals surface area contributed by atoms with Gasteiger partial charge in [0.25, 0.3) is 0 Å². The molecule has 1 aliphatic carbocycles. The lowest BCUT2D eigenvalue weighted by molar-refractivity contribution is -0.137. The fourth-order valence-electron chi connectivity index (χ4n) is 8.08. The van der Waals surface area contributed by atoms with Crippen molar-refractivity contribution in [3.8, 4) is 23.0 Å². The molecule has 2 aromatic heterocycles. The first-order chi connectivity index (χ1) is 31.4. The monoisotopic (exact) mass is 886 g/mol. The Morgan fingerprint density at radius 3 is 1.98 bits per heavy atom. The zero-order valence-corrected chi connectivity index (χ0v) is 35.6. The van der Waals surface area contributed by atoms with Gasteiger partial charge in [0.15, 0.2) is 28.8 Å². The van der Waals surface area contributed by atoms with Gasteiger partial charge in [-0.1, -0.05) is 18.7 Å². The quantitative estimate of drug-likeness (QED) is 0.101. The van der Waals surface area contributed by atoms with Gasteiger partial charge < -0.3 is 39.4 Å². The molecule has 4 heterocycles. The highest BCUT2D eigenvalue weighted by Crippen LogP contribution is 2.42. The third-order valence-corrected chi connectivity index (χ3v) is 11.6. The van der Waals surface area contributed by atoms with E-state index in [2.05, 4.69) is 44.3 Å². The summed E-state index contributed by atoms with van der Waals surface area (Å²) in [5, 5.41) is 7.80. The number of carbonyl (C=O) groups excluding carboxylic acids is 2. The first-order valence-corrected chi connectivity index (χ1v) is 21.2. The Bertz CT molecular complexity index is 2820. The van der Waals surface area contributed by atoms with E-state index in [1.54, 1.807) is 29.0 Å². The van der Waals surface area contributed by atoms with Crippen LogP contribution in [0.25, 0.3) is 27.9 Å². The minimum atomic E-state index is -4.51. The average Bonchev–Trinajstić information content (AvgIpc) is 3.88. The molecular formula is C48H45F3N8O6. The summed E-state index contributed by atoms with van der Waals surface area (Å²) in [6, 6.07) is 19.9. The number of nitrogens with one attached hydrogen (secondary N) is 2. The van der Waals surface area contributed by atoms with Crippen LogP contribution >= 0.6 is 0 Å². The molecule has 2 N–H and O–H groups in total. The Morgan fingerprint density at radius 1 is 0.723 bits per heavy atom. The molecule has 1 saturated carbocycles. The van der Waals surface area contributed by atoms with Crippen LogP contribution in [0.4, 0.5) is 36.2 Å². The van der Waals surface area contributed by atoms with Gasteiger partial charge in [0.2, 0.25) is 11.8 Å². The molecule has 17 heteroatoms. The number of aromatic nitrogens is 4. The Kier molecular flexibility index (Phi) is 11.9. The molecule has 0 radical (unpaired) electrons. The molecule has 65 heavy (non-hydrogen) atoms. The molecule has 2 unspecified atom stereocenters. The van der Waals surface area contributed by atoms with Crippen molar-refractivity contribution in [3.63, 3.8) is 0 Å². The molecular weight excluding hydrogens is 842 g/mol. The van der Waals surface area contributed by atoms with Crippen molar-refractivity contribution in [2.45, 2.75) is 50.0 Å². The smallest absolute Gasteiger partial charge is 0.416 e. The molecule has 0 spiro atoms. The van der Waals surface area contributed by atoms with Crippen molar-refractivity contribution < 1.29 is 41.7 Å². The highest BCUT2D eigenvalue weighted by atomic mass is 19.4. The normalized spacial score (nSPS) is 17.4. The predicted molar refractivity (Wildman–Crippen MR) is 239 cm³/mol. The molecule has 2 atom stereocenters. The number of fused-ring (bicyclic) bond motifs is 2. The molecule has 9 rings (SSSR count). The number of carbonyl (C=O) groups is 2. The molecule has 14 nitrogen and oxygen atoms in total. The fourth-order valence-corrected chi connectivity index (χ4v) is 8.08. The molecule has 2 saturated heterocycles. The predicted octanol–water partition coefficient (Wildman–Crippen LogP) is 8.83. The average molecular weight is 887 g/mol. The number of alkyl halides is 3. The number of halogens is 3. The second kappa shape index (κ2) is 18.0. The van der Waals surface area contributed by atoms with E-state index in [-0.39, 0.29) is 35.7 Å². The van der Waals surface area contributed by atoms with E-state index in [4.69, 9.17) is 23.9 Å². The number of methoxy groups -OCH3 is 2. The molecule has 3 fully saturated rings. The second-order valence-electron chi connectivity index (χ2n) is 16.1. The summed E-state index contributed by atoms with van der Waals surface area (Å²) < 4.78 is 64.4. The first-order valence-electron chi connectivity index (χ1n) is 21.2. The number of nitrogens with zero attached hydrogens (tertiary/aromatic N) is 6. The van der Waals surface area contributed by atoms with Crippen LogP contribution in [0.1, 0.15) is 48.6 Å². The molecule has 0 bridgehead atoms. The first kappa shape index (κ1) is 42.9. The van der Waals surface area contributed by atoms with Gasteiger partial charge >= 0.3 is 6.18 Å². The van der Waals surface area contributed by atoms with Gasteiger partial charge in [0.05, 0.1) is 43.9 Å². The zero-order valence-electron chi connectivity index (χ0n) is 35.6. The third kappa shape index (κ3) is 9.59. The van der Waals surface area contributed by atoms with E-state index < -0.39 is 11.7 Å². The van der Waals surface area contributed by atoms with Gasteiger partial charge in [-0.15, -0.1) is 0 Å². The summed E-state index contributed by atoms with van der Waals surface area (Å²) in [5.41, 5.74) is 2.86. The third-order valence-electron chi connectivity index (χ3n) is 11.6. The maximum atomic E-state index is 13.7. The molecule has 334 valence electrons. The van der Waals surface area contributed by atoms with Crippen molar-refractivity contribution in [2.75, 3.05) is 51.0 Å². The summed E-state index contributed by atoms with van der Waals surface area (Å²) in [5.74, 6) is 2.87. The highest BCUT2D eigenvalue weighted by Gasteiger charge is 2.31. The fraction of sp³-hybridized carbons (Fsp3) is 0.292. The second-order valence-corrected chi connectivity index (χ2v) is 16.1. The Labute approximate surface area is 372 Å². The van der Waals surface area contributed by atoms with Crippen LogP contribution in [0.5, 0.6) is 23.0 Å². The lowest BCUT2D eigenvalue weighted by atomic mass is 10.1. The molecule has 2 amide bonds. The molecule has 2 aliphatic heterocycles. The van der Waals surface area contributed by atoms with E-state index in [1.165, 1.54) is 62.2 Å². The Balaban J connectivity index is 0.934. The number of anilines is 4. The number of hydrogen-bond donors (Lipinski definition) is 2. The number of rotatable bonds is 14. The van der Waals surface area contributed by atoms with E-state index in [0.29, 0.717) is 95.9 Å². The van der Waals surface area contributed by atoms with Gasteiger partial charge in [-0.2, -0.15) is 13.2 Å². The lowest BCUT2D eigenvalue weighted by Gasteiger charge is -2.19. The number of benzene rings is 4. The van der Waals surface area contributed by atoms with Crippen molar-refractivity contribution in [1.82, 2.24) is 29.7 Å². The van der Waals surface area contributed by atoms with Crippen LogP contribution in [0.3, 0.4) is 0 Å². The van der Waals surface area contributed by atoms with Crippen LogP contribution in [0.15, 0.2) is 97.9 Å². The van der Waals surface area contributed by atoms with Gasteiger partial charge in [0.1, 0.15) is 30.2 Å². The highest BCUT2D eigenvalue weighted by molar-refractivity contribution is 5.96. The van der Waals surface area contributed by atoms with Crippen molar-refractivity contribution in [3.05, 3.63) is 115 Å². The van der Waals surface area contributed by atoms with Crippen LogP contribution in [0, 0.1) is 0 Å². The van der Waals surface area contributed by atoms with Gasteiger partial charge in [-0.25, -0.2) is 19.9 Å². The summed E-state index contributed by atoms with van der Waals surface area (Å²) in [7, 11) is 3.05. The van der Waals surface area contributed by atoms with Crippen molar-refractivity contribution in [2.24, 2.45) is 0 Å². The van der Waals surface area contributed by atoms with Gasteiger partial charge in [0, 0.05) is 66.3 Å². The van der Waals surface area contributed by atoms with E-state index in [0.717, 1.165) is 23.2 Å². The number of likely N-dealkylation sites (tertiary alicyclic amines) is 2. The molecule has 6 aromatic rings. The molecule has 3 aliphatic rings. The van der Waals surface area contributed by atoms with Crippen molar-refractivity contribution >= 4 is 62.7 Å². The number of ether oxygens (including phenoxy) is 4. The largest absolute Gasteiger partial charge is 0.493 e. The summed E-state index contributed by atoms with van der Waals surface area (Å²) in [6.45, 7) is 5.14. The van der Waals surface area contributed by atoms with Crippen LogP contribution in [-0.2, 0) is 15.8 Å². The summed E-state index contributed by atoms with van der Waals surface area (Å²) in [6.07, 6.45) is 3.98. The maximum Gasteiger partial charge on any atom is 0.416 e. The number of hydrogen-bond acceptors (Lipinski definition) is 12. The topological polar surface area (TPSA) is 153 Å². The van der Waals surface area contributed by atoms with Gasteiger partial charge in [-0.3, -0.25) is 9.59 Å². The molecule has 4 aromatic carbocycles. The van der Waals surface area contributed by atoms with Crippen molar-refractivity contribution in [1.29, 1.82) is 0 Å². The Hall–Kier alpha value is -7.43. The maximum absolute atomic E-state index is 13.7. The zero-order chi connectivity index (χ0) is 45.2. The minimum Gasteiger partial charge on any atom is -0.493 e. The van der Waals surface area contributed by atoms with E-state index in [1.807, 2.05) is 24.3 Å². The van der Waals surface area contributed by atoms with Crippen LogP contribution in [0.2, 0.25) is 0 Å². The van der Waals surface area contributed by atoms with E-state index >= 15 is 0 Å². The lowest BCUT2D eigenvalue weighted by Crippen LogP contribution is -2.29. The SMILES string of the molecule is C=CC(=O)N1CCC(Oc2cc3c(Nc4ccc(C(F)(F)F)cc4)nc(/C=C\C(=O)N4CCC(Oc5cc6c(Nc7cccc(C8CC8)c7)ncnc6cc5OC)C4)nc3cc2OC)C1.